The lowest BCUT2D eigenvalue weighted by Crippen LogP contribution is -2.50. The first-order valence-corrected chi connectivity index (χ1v) is 7.29. The third kappa shape index (κ3) is 3.96. The quantitative estimate of drug-likeness (QED) is 0.847. The van der Waals surface area contributed by atoms with Gasteiger partial charge in [0.25, 0.3) is 0 Å². The van der Waals surface area contributed by atoms with Gasteiger partial charge in [-0.15, -0.1) is 0 Å². The lowest BCUT2D eigenvalue weighted by atomic mass is 9.76. The molecule has 0 heterocycles. The van der Waals surface area contributed by atoms with Crippen LogP contribution >= 0.6 is 0 Å². The molecule has 2 nitrogen and oxygen atoms in total. The third-order valence-electron chi connectivity index (χ3n) is 3.70. The molecule has 0 fully saturated rings. The summed E-state index contributed by atoms with van der Waals surface area (Å²) in [5.41, 5.74) is 9.66. The van der Waals surface area contributed by atoms with E-state index in [4.69, 9.17) is 5.73 Å². The van der Waals surface area contributed by atoms with Gasteiger partial charge in [0.2, 0.25) is 0 Å². The van der Waals surface area contributed by atoms with Gasteiger partial charge in [0.05, 0.1) is 0 Å². The average Bonchev–Trinajstić information content (AvgIpc) is 2.47. The number of nitrogens with one attached hydrogen (secondary N) is 1. The number of allylic oxidation sites excluding steroid dienone is 1. The van der Waals surface area contributed by atoms with E-state index in [0.29, 0.717) is 6.54 Å². The molecule has 21 heavy (non-hydrogen) atoms. The Labute approximate surface area is 127 Å². The van der Waals surface area contributed by atoms with Gasteiger partial charge in [0.1, 0.15) is 0 Å². The average molecular weight is 280 g/mol. The normalized spacial score (nSPS) is 13.7. The van der Waals surface area contributed by atoms with E-state index in [2.05, 4.69) is 67.4 Å². The molecule has 0 bridgehead atoms. The van der Waals surface area contributed by atoms with Crippen molar-refractivity contribution >= 4 is 0 Å². The highest BCUT2D eigenvalue weighted by Crippen LogP contribution is 2.33. The number of benzene rings is 2. The molecule has 0 saturated carbocycles. The first-order valence-electron chi connectivity index (χ1n) is 7.29. The Morgan fingerprint density at radius 3 is 1.86 bits per heavy atom. The van der Waals surface area contributed by atoms with Crippen molar-refractivity contribution < 1.29 is 0 Å². The monoisotopic (exact) mass is 280 g/mol. The van der Waals surface area contributed by atoms with Gasteiger partial charge in [-0.05, 0) is 25.0 Å². The Morgan fingerprint density at radius 2 is 1.48 bits per heavy atom. The summed E-state index contributed by atoms with van der Waals surface area (Å²) in [4.78, 5) is 0. The van der Waals surface area contributed by atoms with Crippen LogP contribution in [-0.4, -0.2) is 12.1 Å². The molecule has 0 radical (unpaired) electrons. The van der Waals surface area contributed by atoms with Crippen molar-refractivity contribution in [3.05, 3.63) is 84.1 Å². The third-order valence-corrected chi connectivity index (χ3v) is 3.70. The Balaban J connectivity index is 2.39. The minimum absolute atomic E-state index is 0.131. The summed E-state index contributed by atoms with van der Waals surface area (Å²) in [7, 11) is 0. The summed E-state index contributed by atoms with van der Waals surface area (Å²) in [6.07, 6.45) is 0. The molecule has 0 spiro atoms. The fourth-order valence-electron chi connectivity index (χ4n) is 2.69. The molecule has 2 aromatic carbocycles. The highest BCUT2D eigenvalue weighted by Gasteiger charge is 2.32. The molecule has 2 heteroatoms. The van der Waals surface area contributed by atoms with E-state index in [1.807, 2.05) is 19.1 Å². The van der Waals surface area contributed by atoms with Gasteiger partial charge in [-0.25, -0.2) is 0 Å². The molecular weight excluding hydrogens is 256 g/mol. The molecule has 0 aliphatic heterocycles. The van der Waals surface area contributed by atoms with Crippen molar-refractivity contribution in [1.82, 2.24) is 5.32 Å². The Morgan fingerprint density at radius 1 is 1.05 bits per heavy atom. The van der Waals surface area contributed by atoms with Crippen LogP contribution in [0.3, 0.4) is 0 Å². The van der Waals surface area contributed by atoms with Crippen LogP contribution in [0.25, 0.3) is 0 Å². The lowest BCUT2D eigenvalue weighted by molar-refractivity contribution is 0.400. The van der Waals surface area contributed by atoms with Crippen LogP contribution in [0.1, 0.15) is 30.9 Å². The summed E-state index contributed by atoms with van der Waals surface area (Å²) < 4.78 is 0. The van der Waals surface area contributed by atoms with Gasteiger partial charge in [0, 0.05) is 23.7 Å². The zero-order valence-corrected chi connectivity index (χ0v) is 12.8. The second-order valence-corrected chi connectivity index (χ2v) is 5.89. The van der Waals surface area contributed by atoms with E-state index < -0.39 is 5.54 Å². The molecule has 0 saturated heterocycles. The van der Waals surface area contributed by atoms with Crippen LogP contribution in [0.15, 0.2) is 72.9 Å². The first kappa shape index (κ1) is 15.3. The van der Waals surface area contributed by atoms with Crippen molar-refractivity contribution in [2.75, 3.05) is 6.54 Å². The van der Waals surface area contributed by atoms with E-state index in [1.165, 1.54) is 11.1 Å². The van der Waals surface area contributed by atoms with E-state index in [9.17, 15) is 0 Å². The molecule has 3 N–H and O–H groups in total. The highest BCUT2D eigenvalue weighted by atomic mass is 14.9. The summed E-state index contributed by atoms with van der Waals surface area (Å²) in [6, 6.07) is 20.9. The molecular formula is C19H24N2. The van der Waals surface area contributed by atoms with Gasteiger partial charge in [0.15, 0.2) is 0 Å². The SMILES string of the molecule is C=C(C)NCC(C)(N)C(c1ccccc1)c1ccccc1. The van der Waals surface area contributed by atoms with E-state index in [0.717, 1.165) is 5.70 Å². The van der Waals surface area contributed by atoms with Crippen LogP contribution in [-0.2, 0) is 0 Å². The topological polar surface area (TPSA) is 38.0 Å². The zero-order chi connectivity index (χ0) is 15.3. The zero-order valence-electron chi connectivity index (χ0n) is 12.8. The molecule has 2 aromatic rings. The standard InChI is InChI=1S/C19H24N2/c1-15(2)21-14-19(3,20)18(16-10-6-4-7-11-16)17-12-8-5-9-13-17/h4-13,18,21H,1,14,20H2,2-3H3. The van der Waals surface area contributed by atoms with Gasteiger partial charge in [-0.2, -0.15) is 0 Å². The minimum atomic E-state index is -0.415. The molecule has 0 aromatic heterocycles. The van der Waals surface area contributed by atoms with E-state index in [1.54, 1.807) is 0 Å². The van der Waals surface area contributed by atoms with Gasteiger partial charge in [-0.3, -0.25) is 0 Å². The predicted octanol–water partition coefficient (Wildman–Crippen LogP) is 3.66. The predicted molar refractivity (Wildman–Crippen MR) is 90.1 cm³/mol. The van der Waals surface area contributed by atoms with Gasteiger partial charge in [-0.1, -0.05) is 67.2 Å². The first-order chi connectivity index (χ1) is 10.0. The van der Waals surface area contributed by atoms with Crippen LogP contribution in [0, 0.1) is 0 Å². The number of nitrogens with two attached hydrogens (primary N) is 1. The van der Waals surface area contributed by atoms with E-state index >= 15 is 0 Å². The van der Waals surface area contributed by atoms with Crippen LogP contribution in [0.4, 0.5) is 0 Å². The molecule has 1 atom stereocenters. The fraction of sp³-hybridized carbons (Fsp3) is 0.263. The van der Waals surface area contributed by atoms with Crippen LogP contribution in [0.2, 0.25) is 0 Å². The summed E-state index contributed by atoms with van der Waals surface area (Å²) >= 11 is 0. The maximum atomic E-state index is 6.67. The second-order valence-electron chi connectivity index (χ2n) is 5.89. The number of hydrogen-bond donors (Lipinski definition) is 2. The molecule has 0 amide bonds. The summed E-state index contributed by atoms with van der Waals surface area (Å²) in [5.74, 6) is 0.131. The number of rotatable bonds is 6. The highest BCUT2D eigenvalue weighted by molar-refractivity contribution is 5.36. The smallest absolute Gasteiger partial charge is 0.0411 e. The van der Waals surface area contributed by atoms with Gasteiger partial charge < -0.3 is 11.1 Å². The summed E-state index contributed by atoms with van der Waals surface area (Å²) in [5, 5.41) is 3.29. The van der Waals surface area contributed by atoms with Crippen molar-refractivity contribution in [1.29, 1.82) is 0 Å². The minimum Gasteiger partial charge on any atom is -0.387 e. The molecule has 0 aliphatic carbocycles. The van der Waals surface area contributed by atoms with Gasteiger partial charge >= 0.3 is 0 Å². The number of hydrogen-bond acceptors (Lipinski definition) is 2. The van der Waals surface area contributed by atoms with Crippen LogP contribution < -0.4 is 11.1 Å². The Hall–Kier alpha value is -2.06. The maximum Gasteiger partial charge on any atom is 0.0411 e. The van der Waals surface area contributed by atoms with Crippen molar-refractivity contribution in [2.24, 2.45) is 5.73 Å². The Bertz CT molecular complexity index is 534. The van der Waals surface area contributed by atoms with Crippen molar-refractivity contribution in [2.45, 2.75) is 25.3 Å². The maximum absolute atomic E-state index is 6.67. The molecule has 2 rings (SSSR count). The van der Waals surface area contributed by atoms with Crippen molar-refractivity contribution in [3.63, 3.8) is 0 Å². The molecule has 1 unspecified atom stereocenters. The largest absolute Gasteiger partial charge is 0.387 e. The van der Waals surface area contributed by atoms with Crippen LogP contribution in [0.5, 0.6) is 0 Å². The van der Waals surface area contributed by atoms with E-state index in [-0.39, 0.29) is 5.92 Å². The summed E-state index contributed by atoms with van der Waals surface area (Å²) in [6.45, 7) is 8.62. The molecule has 110 valence electrons. The molecule has 0 aliphatic rings. The second kappa shape index (κ2) is 6.59. The lowest BCUT2D eigenvalue weighted by Gasteiger charge is -2.35. The Kier molecular flexibility index (Phi) is 4.81. The fourth-order valence-corrected chi connectivity index (χ4v) is 2.69. The van der Waals surface area contributed by atoms with Crippen molar-refractivity contribution in [3.8, 4) is 0 Å².